The number of nitrogens with zero attached hydrogens (tertiary/aromatic N) is 2. The van der Waals surface area contributed by atoms with E-state index in [9.17, 15) is 15.0 Å². The Morgan fingerprint density at radius 3 is 2.65 bits per heavy atom. The highest BCUT2D eigenvalue weighted by molar-refractivity contribution is 6.10. The standard InChI is InChI=1S/C40H54N4O4/c41-39(42)30-12-8-13-31(22-30)40(19-6-7-20-40)35-24-43-36-26-44(25-34(35)36)27-48-38-21-29(16-18-37(38)47)15-17-33(46)23-32(45)14-5-4-11-28-9-2-1-3-10-28/h8,12-13,16,18,21-22,24-25,28,32,39,45,47H,1-7,9-11,14-15,17,19-20,23,26-27,41-42H2. The zero-order chi connectivity index (χ0) is 33.5. The Kier molecular flexibility index (Phi) is 11.3. The molecule has 2 aromatic rings. The van der Waals surface area contributed by atoms with E-state index in [0.29, 0.717) is 31.6 Å². The van der Waals surface area contributed by atoms with Crippen molar-refractivity contribution in [2.75, 3.05) is 13.3 Å². The third kappa shape index (κ3) is 8.21. The number of phenolic OH excluding ortho intramolecular Hbond substituents is 1. The number of hydrogen-bond donors (Lipinski definition) is 4. The maximum atomic E-state index is 12.7. The number of aliphatic hydroxyl groups is 1. The molecule has 6 N–H and O–H groups in total. The van der Waals surface area contributed by atoms with E-state index < -0.39 is 12.3 Å². The molecule has 1 atom stereocenters. The number of aromatic hydroxyl groups is 1. The number of phenols is 1. The first-order valence-electron chi connectivity index (χ1n) is 18.3. The van der Waals surface area contributed by atoms with Gasteiger partial charge in [0.25, 0.3) is 0 Å². The number of carbonyl (C=O) groups is 1. The van der Waals surface area contributed by atoms with Crippen LogP contribution in [0.1, 0.15) is 119 Å². The second-order valence-electron chi connectivity index (χ2n) is 14.6. The van der Waals surface area contributed by atoms with Crippen molar-refractivity contribution in [2.45, 2.75) is 120 Å². The van der Waals surface area contributed by atoms with Crippen molar-refractivity contribution in [3.05, 3.63) is 82.7 Å². The lowest BCUT2D eigenvalue weighted by Crippen LogP contribution is -2.27. The summed E-state index contributed by atoms with van der Waals surface area (Å²) in [5.74, 6) is 1.40. The van der Waals surface area contributed by atoms with Gasteiger partial charge in [-0.1, -0.05) is 94.5 Å². The summed E-state index contributed by atoms with van der Waals surface area (Å²) in [6, 6.07) is 13.7. The van der Waals surface area contributed by atoms with E-state index in [4.69, 9.17) is 21.2 Å². The van der Waals surface area contributed by atoms with Crippen LogP contribution in [-0.2, 0) is 16.6 Å². The zero-order valence-corrected chi connectivity index (χ0v) is 28.4. The van der Waals surface area contributed by atoms with Crippen molar-refractivity contribution in [3.63, 3.8) is 0 Å². The molecule has 0 aromatic heterocycles. The maximum Gasteiger partial charge on any atom is 0.163 e. The Labute approximate surface area is 286 Å². The lowest BCUT2D eigenvalue weighted by molar-refractivity contribution is -0.121. The molecule has 2 aliphatic heterocycles. The van der Waals surface area contributed by atoms with Crippen molar-refractivity contribution in [1.29, 1.82) is 0 Å². The molecule has 0 radical (unpaired) electrons. The highest BCUT2D eigenvalue weighted by Gasteiger charge is 2.44. The Morgan fingerprint density at radius 1 is 1.04 bits per heavy atom. The molecule has 2 aliphatic carbocycles. The minimum Gasteiger partial charge on any atom is -0.504 e. The van der Waals surface area contributed by atoms with Crippen LogP contribution < -0.4 is 16.2 Å². The number of aliphatic imine (C=N–C) groups is 1. The zero-order valence-electron chi connectivity index (χ0n) is 28.4. The number of ketones is 1. The minimum atomic E-state index is -0.561. The number of Topliss-reactive ketones (excluding diaryl/α,β-unsaturated/α-hetero) is 1. The Hall–Kier alpha value is -3.46. The van der Waals surface area contributed by atoms with E-state index in [1.807, 2.05) is 24.4 Å². The predicted molar refractivity (Wildman–Crippen MR) is 191 cm³/mol. The number of unbranched alkanes of at least 4 members (excludes halogenated alkanes) is 1. The van der Waals surface area contributed by atoms with Crippen LogP contribution >= 0.6 is 0 Å². The Bertz CT molecular complexity index is 1520. The molecule has 0 saturated heterocycles. The van der Waals surface area contributed by atoms with Crippen LogP contribution in [0.5, 0.6) is 11.5 Å². The van der Waals surface area contributed by atoms with E-state index in [1.54, 1.807) is 6.07 Å². The third-order valence-electron chi connectivity index (χ3n) is 11.1. The average Bonchev–Trinajstić information content (AvgIpc) is 3.84. The molecule has 1 unspecified atom stereocenters. The van der Waals surface area contributed by atoms with E-state index in [0.717, 1.165) is 66.9 Å². The Balaban J connectivity index is 0.993. The van der Waals surface area contributed by atoms with Crippen LogP contribution in [0.25, 0.3) is 0 Å². The molecule has 6 rings (SSSR count). The Morgan fingerprint density at radius 2 is 1.85 bits per heavy atom. The first-order chi connectivity index (χ1) is 23.3. The normalized spacial score (nSPS) is 19.7. The van der Waals surface area contributed by atoms with Crippen molar-refractivity contribution in [3.8, 4) is 11.5 Å². The fraction of sp³-hybridized carbons (Fsp3) is 0.550. The number of hydrogen-bond acceptors (Lipinski definition) is 8. The molecule has 48 heavy (non-hydrogen) atoms. The summed E-state index contributed by atoms with van der Waals surface area (Å²) in [6.45, 7) is 0.903. The number of carbonyl (C=O) groups excluding carboxylic acids is 1. The summed E-state index contributed by atoms with van der Waals surface area (Å²) < 4.78 is 6.11. The summed E-state index contributed by atoms with van der Waals surface area (Å²) >= 11 is 0. The molecule has 258 valence electrons. The number of rotatable bonds is 16. The number of aryl methyl sites for hydroxylation is 1. The summed E-state index contributed by atoms with van der Waals surface area (Å²) in [4.78, 5) is 19.6. The van der Waals surface area contributed by atoms with Crippen LogP contribution in [0.3, 0.4) is 0 Å². The van der Waals surface area contributed by atoms with Crippen LogP contribution in [0.2, 0.25) is 0 Å². The third-order valence-corrected chi connectivity index (χ3v) is 11.1. The fourth-order valence-electron chi connectivity index (χ4n) is 8.35. The summed E-state index contributed by atoms with van der Waals surface area (Å²) in [5.41, 5.74) is 18.5. The van der Waals surface area contributed by atoms with Crippen LogP contribution in [-0.4, -0.2) is 46.0 Å². The number of allylic oxidation sites excluding steroid dienone is 1. The largest absolute Gasteiger partial charge is 0.504 e. The van der Waals surface area contributed by atoms with Gasteiger partial charge >= 0.3 is 0 Å². The van der Waals surface area contributed by atoms with Crippen LogP contribution in [0, 0.1) is 5.92 Å². The molecule has 4 aliphatic rings. The second kappa shape index (κ2) is 15.8. The molecule has 2 aromatic carbocycles. The van der Waals surface area contributed by atoms with Gasteiger partial charge in [0.2, 0.25) is 0 Å². The van der Waals surface area contributed by atoms with Gasteiger partial charge in [-0.2, -0.15) is 0 Å². The highest BCUT2D eigenvalue weighted by Crippen LogP contribution is 2.51. The molecule has 2 heterocycles. The first kappa shape index (κ1) is 34.4. The van der Waals surface area contributed by atoms with Gasteiger partial charge in [0, 0.05) is 36.2 Å². The fourth-order valence-corrected chi connectivity index (χ4v) is 8.35. The van der Waals surface area contributed by atoms with Gasteiger partial charge in [0.1, 0.15) is 5.78 Å². The van der Waals surface area contributed by atoms with E-state index >= 15 is 0 Å². The number of benzene rings is 2. The monoisotopic (exact) mass is 654 g/mol. The number of ether oxygens (including phenoxy) is 1. The number of aliphatic hydroxyl groups excluding tert-OH is 1. The van der Waals surface area contributed by atoms with Gasteiger partial charge in [0.15, 0.2) is 18.2 Å². The second-order valence-corrected chi connectivity index (χ2v) is 14.6. The number of fused-ring (bicyclic) bond motifs is 1. The molecular weight excluding hydrogens is 600 g/mol. The van der Waals surface area contributed by atoms with E-state index in [1.165, 1.54) is 49.7 Å². The quantitative estimate of drug-likeness (QED) is 0.112. The average molecular weight is 655 g/mol. The molecule has 0 amide bonds. The van der Waals surface area contributed by atoms with E-state index in [2.05, 4.69) is 29.3 Å². The van der Waals surface area contributed by atoms with Gasteiger partial charge in [-0.3, -0.25) is 9.79 Å². The first-order valence-corrected chi connectivity index (χ1v) is 18.3. The lowest BCUT2D eigenvalue weighted by atomic mass is 9.70. The van der Waals surface area contributed by atoms with Gasteiger partial charge in [0.05, 0.1) is 24.5 Å². The highest BCUT2D eigenvalue weighted by atomic mass is 16.5. The smallest absolute Gasteiger partial charge is 0.163 e. The van der Waals surface area contributed by atoms with Crippen molar-refractivity contribution in [1.82, 2.24) is 4.90 Å². The van der Waals surface area contributed by atoms with Crippen molar-refractivity contribution < 1.29 is 19.7 Å². The van der Waals surface area contributed by atoms with E-state index in [-0.39, 0.29) is 30.1 Å². The summed E-state index contributed by atoms with van der Waals surface area (Å²) in [6.07, 6.45) is 19.6. The molecule has 8 nitrogen and oxygen atoms in total. The predicted octanol–water partition coefficient (Wildman–Crippen LogP) is 7.09. The molecular formula is C40H54N4O4. The van der Waals surface area contributed by atoms with Crippen LogP contribution in [0.15, 0.2) is 71.0 Å². The summed E-state index contributed by atoms with van der Waals surface area (Å²) in [7, 11) is 0. The van der Waals surface area contributed by atoms with Crippen molar-refractivity contribution in [2.24, 2.45) is 22.4 Å². The maximum absolute atomic E-state index is 12.7. The van der Waals surface area contributed by atoms with Gasteiger partial charge < -0.3 is 31.3 Å². The molecule has 0 bridgehead atoms. The lowest BCUT2D eigenvalue weighted by Gasteiger charge is -2.32. The molecule has 8 heteroatoms. The van der Waals surface area contributed by atoms with Crippen molar-refractivity contribution >= 4 is 11.5 Å². The topological polar surface area (TPSA) is 134 Å². The molecule has 2 saturated carbocycles. The molecule has 0 spiro atoms. The summed E-state index contributed by atoms with van der Waals surface area (Å²) in [5, 5.41) is 21.0. The number of nitrogens with two attached hydrogens (primary N) is 2. The minimum absolute atomic E-state index is 0.0709. The van der Waals surface area contributed by atoms with Gasteiger partial charge in [-0.05, 0) is 66.0 Å². The van der Waals surface area contributed by atoms with Gasteiger partial charge in [-0.25, -0.2) is 0 Å². The van der Waals surface area contributed by atoms with Crippen LogP contribution in [0.4, 0.5) is 0 Å². The molecule has 2 fully saturated rings. The van der Waals surface area contributed by atoms with Gasteiger partial charge in [-0.15, -0.1) is 0 Å². The SMILES string of the molecule is NC(N)c1cccc(C2(C3=CN=C4CN(COc5cc(CCC(=O)CC(O)CCCCC6CCCCC6)ccc5O)C=C34)CCCC2)c1.